The lowest BCUT2D eigenvalue weighted by Crippen LogP contribution is -2.00. The minimum Gasteiger partial charge on any atom is -0.456 e. The molecule has 0 unspecified atom stereocenters. The maximum atomic E-state index is 8.78. The van der Waals surface area contributed by atoms with E-state index >= 15 is 0 Å². The van der Waals surface area contributed by atoms with Gasteiger partial charge in [-0.1, -0.05) is 146 Å². The van der Waals surface area contributed by atoms with Crippen molar-refractivity contribution in [1.29, 1.82) is 0 Å². The Kier molecular flexibility index (Phi) is 6.29. The average molecular weight is 722 g/mol. The molecule has 0 saturated carbocycles. The predicted molar refractivity (Wildman–Crippen MR) is 229 cm³/mol. The van der Waals surface area contributed by atoms with Crippen molar-refractivity contribution in [3.8, 4) is 62.1 Å². The largest absolute Gasteiger partial charge is 0.456 e. The monoisotopic (exact) mass is 721 g/mol. The first-order valence-corrected chi connectivity index (χ1v) is 18.4. The standard InChI is InChI=1S/C51H32N4O/c1-4-13-33(14-5-1)34-23-25-36(26-24-34)50-52-49(35-15-6-2-7-16-35)53-51(54-50)41-20-12-22-47-48(41)43-32-38(28-30-46(43)56-47)37-27-29-45-42(31-37)40-19-10-11-21-44(40)55(45)39-17-8-3-9-18-39/h1-32H/i3D,8D,9D,17D,18D. The van der Waals surface area contributed by atoms with Crippen LogP contribution < -0.4 is 0 Å². The highest BCUT2D eigenvalue weighted by Gasteiger charge is 2.19. The third-order valence-corrected chi connectivity index (χ3v) is 10.4. The number of hydrogen-bond donors (Lipinski definition) is 0. The third-order valence-electron chi connectivity index (χ3n) is 10.4. The molecule has 0 atom stereocenters. The van der Waals surface area contributed by atoms with E-state index in [2.05, 4.69) is 48.5 Å². The van der Waals surface area contributed by atoms with Gasteiger partial charge in [0.15, 0.2) is 17.5 Å². The molecule has 0 saturated heterocycles. The first-order valence-electron chi connectivity index (χ1n) is 20.9. The first kappa shape index (κ1) is 27.0. The maximum absolute atomic E-state index is 8.78. The van der Waals surface area contributed by atoms with Gasteiger partial charge in [0, 0.05) is 43.9 Å². The predicted octanol–water partition coefficient (Wildman–Crippen LogP) is 13.2. The van der Waals surface area contributed by atoms with Crippen molar-refractivity contribution in [3.05, 3.63) is 194 Å². The minimum atomic E-state index is -0.423. The second-order valence-electron chi connectivity index (χ2n) is 13.7. The molecule has 0 aliphatic heterocycles. The van der Waals surface area contributed by atoms with E-state index in [0.717, 1.165) is 77.1 Å². The molecule has 5 nitrogen and oxygen atoms in total. The van der Waals surface area contributed by atoms with Gasteiger partial charge < -0.3 is 8.98 Å². The summed E-state index contributed by atoms with van der Waals surface area (Å²) >= 11 is 0. The van der Waals surface area contributed by atoms with E-state index in [1.165, 1.54) is 0 Å². The highest BCUT2D eigenvalue weighted by Crippen LogP contribution is 2.40. The number of rotatable bonds is 6. The molecule has 11 rings (SSSR count). The van der Waals surface area contributed by atoms with Crippen LogP contribution in [0.4, 0.5) is 0 Å². The van der Waals surface area contributed by atoms with Gasteiger partial charge in [-0.25, -0.2) is 15.0 Å². The second kappa shape index (κ2) is 13.0. The molecule has 3 heterocycles. The number of benzene rings is 8. The average Bonchev–Trinajstić information content (AvgIpc) is 3.86. The van der Waals surface area contributed by atoms with Crippen molar-refractivity contribution >= 4 is 43.7 Å². The van der Waals surface area contributed by atoms with Gasteiger partial charge >= 0.3 is 0 Å². The molecule has 0 bridgehead atoms. The van der Waals surface area contributed by atoms with Gasteiger partial charge in [-0.2, -0.15) is 0 Å². The number of para-hydroxylation sites is 2. The molecule has 262 valence electrons. The van der Waals surface area contributed by atoms with Crippen molar-refractivity contribution in [2.24, 2.45) is 0 Å². The van der Waals surface area contributed by atoms with E-state index in [9.17, 15) is 0 Å². The van der Waals surface area contributed by atoms with Crippen LogP contribution in [-0.2, 0) is 0 Å². The lowest BCUT2D eigenvalue weighted by Gasteiger charge is -2.10. The van der Waals surface area contributed by atoms with Crippen LogP contribution in [-0.4, -0.2) is 19.5 Å². The topological polar surface area (TPSA) is 56.7 Å². The molecule has 8 aromatic carbocycles. The van der Waals surface area contributed by atoms with E-state index in [1.807, 2.05) is 115 Å². The fourth-order valence-electron chi connectivity index (χ4n) is 7.73. The molecule has 3 aromatic heterocycles. The number of nitrogens with zero attached hydrogens (tertiary/aromatic N) is 4. The Labute approximate surface area is 329 Å². The van der Waals surface area contributed by atoms with E-state index in [0.29, 0.717) is 23.1 Å². The zero-order chi connectivity index (χ0) is 41.4. The van der Waals surface area contributed by atoms with Crippen molar-refractivity contribution in [1.82, 2.24) is 19.5 Å². The summed E-state index contributed by atoms with van der Waals surface area (Å²) in [4.78, 5) is 15.2. The summed E-state index contributed by atoms with van der Waals surface area (Å²) in [6.45, 7) is 0. The van der Waals surface area contributed by atoms with Crippen LogP contribution in [0.2, 0.25) is 0 Å². The third kappa shape index (κ3) is 5.37. The summed E-state index contributed by atoms with van der Waals surface area (Å²) < 4.78 is 50.7. The Morgan fingerprint density at radius 2 is 0.982 bits per heavy atom. The summed E-state index contributed by atoms with van der Waals surface area (Å²) in [5, 5.41) is 3.58. The van der Waals surface area contributed by atoms with Crippen LogP contribution in [0.3, 0.4) is 0 Å². The highest BCUT2D eigenvalue weighted by atomic mass is 16.3. The summed E-state index contributed by atoms with van der Waals surface area (Å²) in [7, 11) is 0. The lowest BCUT2D eigenvalue weighted by molar-refractivity contribution is 0.669. The van der Waals surface area contributed by atoms with Crippen LogP contribution in [0.5, 0.6) is 0 Å². The number of fused-ring (bicyclic) bond motifs is 6. The van der Waals surface area contributed by atoms with E-state index in [1.54, 1.807) is 4.57 Å². The molecular formula is C51H32N4O. The molecule has 0 aliphatic rings. The zero-order valence-corrected chi connectivity index (χ0v) is 29.8. The number of furan rings is 1. The molecular weight excluding hydrogens is 685 g/mol. The zero-order valence-electron chi connectivity index (χ0n) is 34.8. The Bertz CT molecular complexity index is 3500. The summed E-state index contributed by atoms with van der Waals surface area (Å²) in [6, 6.07) is 52.7. The van der Waals surface area contributed by atoms with Gasteiger partial charge in [0.2, 0.25) is 0 Å². The van der Waals surface area contributed by atoms with Crippen LogP contribution in [0.1, 0.15) is 6.85 Å². The second-order valence-corrected chi connectivity index (χ2v) is 13.7. The normalized spacial score (nSPS) is 12.8. The molecule has 56 heavy (non-hydrogen) atoms. The first-order chi connectivity index (χ1) is 29.8. The highest BCUT2D eigenvalue weighted by molar-refractivity contribution is 6.14. The molecule has 0 aliphatic carbocycles. The number of hydrogen-bond acceptors (Lipinski definition) is 4. The van der Waals surface area contributed by atoms with Crippen LogP contribution in [0.15, 0.2) is 198 Å². The van der Waals surface area contributed by atoms with Gasteiger partial charge in [0.05, 0.1) is 17.9 Å². The van der Waals surface area contributed by atoms with Gasteiger partial charge in [-0.15, -0.1) is 0 Å². The van der Waals surface area contributed by atoms with Gasteiger partial charge in [-0.3, -0.25) is 0 Å². The fourth-order valence-corrected chi connectivity index (χ4v) is 7.73. The van der Waals surface area contributed by atoms with Gasteiger partial charge in [0.25, 0.3) is 0 Å². The van der Waals surface area contributed by atoms with Gasteiger partial charge in [-0.05, 0) is 70.7 Å². The summed E-state index contributed by atoms with van der Waals surface area (Å²) in [6.07, 6.45) is 0. The Balaban J connectivity index is 1.07. The molecule has 0 N–H and O–H groups in total. The maximum Gasteiger partial charge on any atom is 0.164 e. The quantitative estimate of drug-likeness (QED) is 0.172. The Hall–Kier alpha value is -7.63. The summed E-state index contributed by atoms with van der Waals surface area (Å²) in [5.41, 5.74) is 9.71. The van der Waals surface area contributed by atoms with Gasteiger partial charge in [0.1, 0.15) is 11.2 Å². The Morgan fingerprint density at radius 1 is 0.411 bits per heavy atom. The molecule has 0 radical (unpaired) electrons. The van der Waals surface area contributed by atoms with Crippen molar-refractivity contribution in [2.75, 3.05) is 0 Å². The molecule has 5 heteroatoms. The Morgan fingerprint density at radius 3 is 1.75 bits per heavy atom. The number of aromatic nitrogens is 4. The van der Waals surface area contributed by atoms with Crippen molar-refractivity contribution in [3.63, 3.8) is 0 Å². The lowest BCUT2D eigenvalue weighted by atomic mass is 9.99. The van der Waals surface area contributed by atoms with E-state index in [-0.39, 0.29) is 29.9 Å². The van der Waals surface area contributed by atoms with Crippen molar-refractivity contribution < 1.29 is 11.3 Å². The van der Waals surface area contributed by atoms with Crippen LogP contribution in [0.25, 0.3) is 106 Å². The molecule has 0 amide bonds. The van der Waals surface area contributed by atoms with Crippen LogP contribution >= 0.6 is 0 Å². The fraction of sp³-hybridized carbons (Fsp3) is 0. The SMILES string of the molecule is [2H]c1c([2H])c([2H])c(-n2c3ccccc3c3cc(-c4ccc5oc6cccc(-c7nc(-c8ccccc8)nc(-c8ccc(-c9ccccc9)cc8)n7)c6c5c4)ccc32)c([2H])c1[2H]. The van der Waals surface area contributed by atoms with E-state index in [4.69, 9.17) is 26.2 Å². The minimum absolute atomic E-state index is 0.116. The van der Waals surface area contributed by atoms with E-state index < -0.39 is 6.04 Å². The van der Waals surface area contributed by atoms with Crippen molar-refractivity contribution in [2.45, 2.75) is 0 Å². The smallest absolute Gasteiger partial charge is 0.164 e. The van der Waals surface area contributed by atoms with Crippen LogP contribution in [0, 0.1) is 0 Å². The molecule has 0 fully saturated rings. The summed E-state index contributed by atoms with van der Waals surface area (Å²) in [5.74, 6) is 1.65. The molecule has 11 aromatic rings. The molecule has 0 spiro atoms.